The van der Waals surface area contributed by atoms with E-state index in [1.54, 1.807) is 0 Å². The molecule has 0 spiro atoms. The highest BCUT2D eigenvalue weighted by Crippen LogP contribution is 2.25. The largest absolute Gasteiger partial charge is 0.337 e. The number of aromatic nitrogens is 2. The van der Waals surface area contributed by atoms with Gasteiger partial charge in [0.05, 0.1) is 6.54 Å². The van der Waals surface area contributed by atoms with Crippen molar-refractivity contribution in [2.45, 2.75) is 13.0 Å². The van der Waals surface area contributed by atoms with E-state index in [0.717, 1.165) is 41.0 Å². The van der Waals surface area contributed by atoms with E-state index in [1.807, 2.05) is 46.7 Å². The molecule has 2 aromatic heterocycles. The van der Waals surface area contributed by atoms with Gasteiger partial charge in [0.15, 0.2) is 5.82 Å². The Hall–Kier alpha value is -2.03. The molecule has 27 heavy (non-hydrogen) atoms. The third-order valence-corrected chi connectivity index (χ3v) is 6.37. The molecule has 8 heteroatoms. The van der Waals surface area contributed by atoms with Gasteiger partial charge in [-0.3, -0.25) is 9.69 Å². The number of amides is 1. The number of rotatable bonds is 4. The molecule has 0 aliphatic carbocycles. The van der Waals surface area contributed by atoms with Crippen molar-refractivity contribution in [3.63, 3.8) is 0 Å². The minimum atomic E-state index is 0.102. The molecule has 3 heterocycles. The van der Waals surface area contributed by atoms with Crippen molar-refractivity contribution in [2.75, 3.05) is 26.2 Å². The topological polar surface area (TPSA) is 62.5 Å². The quantitative estimate of drug-likeness (QED) is 0.607. The predicted molar refractivity (Wildman–Crippen MR) is 108 cm³/mol. The van der Waals surface area contributed by atoms with Crippen molar-refractivity contribution < 1.29 is 9.32 Å². The molecule has 1 amide bonds. The molecule has 6 nitrogen and oxygen atoms in total. The normalized spacial score (nSPS) is 15.7. The van der Waals surface area contributed by atoms with Gasteiger partial charge >= 0.3 is 0 Å². The van der Waals surface area contributed by atoms with Crippen LogP contribution in [0.2, 0.25) is 0 Å². The van der Waals surface area contributed by atoms with Crippen LogP contribution in [0.25, 0.3) is 11.5 Å². The van der Waals surface area contributed by atoms with Gasteiger partial charge in [0, 0.05) is 36.2 Å². The fourth-order valence-corrected chi connectivity index (χ4v) is 4.65. The average molecular weight is 447 g/mol. The number of halogens is 1. The second-order valence-corrected chi connectivity index (χ2v) is 8.17. The second kappa shape index (κ2) is 8.33. The summed E-state index contributed by atoms with van der Waals surface area (Å²) < 4.78 is 6.26. The maximum Gasteiger partial charge on any atom is 0.265 e. The average Bonchev–Trinajstić information content (AvgIpc) is 3.26. The van der Waals surface area contributed by atoms with Gasteiger partial charge in [-0.1, -0.05) is 23.4 Å². The van der Waals surface area contributed by atoms with Gasteiger partial charge in [0.1, 0.15) is 4.88 Å². The summed E-state index contributed by atoms with van der Waals surface area (Å²) in [5, 5.41) is 6.04. The highest BCUT2D eigenvalue weighted by molar-refractivity contribution is 9.10. The molecule has 140 valence electrons. The molecule has 1 aliphatic heterocycles. The van der Waals surface area contributed by atoms with Crippen LogP contribution in [0.5, 0.6) is 0 Å². The van der Waals surface area contributed by atoms with E-state index in [9.17, 15) is 4.79 Å². The number of benzene rings is 1. The lowest BCUT2D eigenvalue weighted by molar-refractivity contribution is 0.0765. The molecule has 0 radical (unpaired) electrons. The Balaban J connectivity index is 1.37. The Kier molecular flexibility index (Phi) is 5.66. The van der Waals surface area contributed by atoms with Gasteiger partial charge in [-0.2, -0.15) is 4.98 Å². The zero-order valence-corrected chi connectivity index (χ0v) is 17.1. The number of hydrogen-bond donors (Lipinski definition) is 0. The Labute approximate surface area is 169 Å². The zero-order valence-electron chi connectivity index (χ0n) is 14.7. The third-order valence-electron chi connectivity index (χ3n) is 4.54. The van der Waals surface area contributed by atoms with E-state index in [1.165, 1.54) is 11.3 Å². The Bertz CT molecular complexity index is 911. The third kappa shape index (κ3) is 4.28. The van der Waals surface area contributed by atoms with E-state index in [4.69, 9.17) is 4.52 Å². The van der Waals surface area contributed by atoms with Crippen molar-refractivity contribution in [3.8, 4) is 11.5 Å². The standard InChI is InChI=1S/C19H19BrN4O2S/c20-15-7-12-27-17(15)19(25)24-9-4-8-23(10-11-24)13-16-21-18(26-22-16)14-5-2-1-3-6-14/h1-3,5-7,12H,4,8-11,13H2. The lowest BCUT2D eigenvalue weighted by atomic mass is 10.2. The monoisotopic (exact) mass is 446 g/mol. The summed E-state index contributed by atoms with van der Waals surface area (Å²) in [6.07, 6.45) is 0.929. The van der Waals surface area contributed by atoms with E-state index >= 15 is 0 Å². The van der Waals surface area contributed by atoms with Crippen LogP contribution < -0.4 is 0 Å². The van der Waals surface area contributed by atoms with Crippen LogP contribution in [0.15, 0.2) is 50.8 Å². The molecular formula is C19H19BrN4O2S. The molecule has 0 saturated carbocycles. The van der Waals surface area contributed by atoms with Gasteiger partial charge < -0.3 is 9.42 Å². The fraction of sp³-hybridized carbons (Fsp3) is 0.316. The highest BCUT2D eigenvalue weighted by atomic mass is 79.9. The summed E-state index contributed by atoms with van der Waals surface area (Å²) in [6, 6.07) is 11.7. The summed E-state index contributed by atoms with van der Waals surface area (Å²) in [7, 11) is 0. The fourth-order valence-electron chi connectivity index (χ4n) is 3.14. The second-order valence-electron chi connectivity index (χ2n) is 6.40. The summed E-state index contributed by atoms with van der Waals surface area (Å²) in [5.74, 6) is 1.32. The van der Waals surface area contributed by atoms with Gasteiger partial charge in [0.25, 0.3) is 11.8 Å². The molecule has 1 aromatic carbocycles. The summed E-state index contributed by atoms with van der Waals surface area (Å²) in [5.41, 5.74) is 0.922. The minimum absolute atomic E-state index is 0.102. The van der Waals surface area contributed by atoms with Crippen LogP contribution in [-0.4, -0.2) is 52.0 Å². The summed E-state index contributed by atoms with van der Waals surface area (Å²) >= 11 is 4.93. The zero-order chi connectivity index (χ0) is 18.6. The van der Waals surface area contributed by atoms with E-state index in [2.05, 4.69) is 31.0 Å². The van der Waals surface area contributed by atoms with Gasteiger partial charge in [-0.15, -0.1) is 11.3 Å². The number of carbonyl (C=O) groups is 1. The number of carbonyl (C=O) groups excluding carboxylic acids is 1. The Morgan fingerprint density at radius 3 is 2.78 bits per heavy atom. The van der Waals surface area contributed by atoms with Crippen molar-refractivity contribution in [2.24, 2.45) is 0 Å². The predicted octanol–water partition coefficient (Wildman–Crippen LogP) is 3.91. The maximum atomic E-state index is 12.7. The van der Waals surface area contributed by atoms with E-state index < -0.39 is 0 Å². The van der Waals surface area contributed by atoms with Crippen LogP contribution in [0.1, 0.15) is 21.9 Å². The first kappa shape index (κ1) is 18.3. The molecule has 1 saturated heterocycles. The Morgan fingerprint density at radius 2 is 2.00 bits per heavy atom. The van der Waals surface area contributed by atoms with Crippen LogP contribution in [0.3, 0.4) is 0 Å². The molecule has 0 bridgehead atoms. The number of nitrogens with zero attached hydrogens (tertiary/aromatic N) is 4. The Morgan fingerprint density at radius 1 is 1.15 bits per heavy atom. The lowest BCUT2D eigenvalue weighted by Gasteiger charge is -2.21. The number of hydrogen-bond acceptors (Lipinski definition) is 6. The summed E-state index contributed by atoms with van der Waals surface area (Å²) in [6.45, 7) is 3.79. The van der Waals surface area contributed by atoms with Gasteiger partial charge in [-0.25, -0.2) is 0 Å². The summed E-state index contributed by atoms with van der Waals surface area (Å²) in [4.78, 5) is 22.2. The van der Waals surface area contributed by atoms with Gasteiger partial charge in [0.2, 0.25) is 0 Å². The first-order valence-electron chi connectivity index (χ1n) is 8.83. The molecule has 1 fully saturated rings. The van der Waals surface area contributed by atoms with E-state index in [0.29, 0.717) is 24.8 Å². The van der Waals surface area contributed by atoms with Crippen LogP contribution >= 0.6 is 27.3 Å². The lowest BCUT2D eigenvalue weighted by Crippen LogP contribution is -2.35. The van der Waals surface area contributed by atoms with Crippen molar-refractivity contribution in [1.82, 2.24) is 19.9 Å². The van der Waals surface area contributed by atoms with Crippen LogP contribution in [0, 0.1) is 0 Å². The van der Waals surface area contributed by atoms with Crippen molar-refractivity contribution in [3.05, 3.63) is 57.0 Å². The molecule has 4 rings (SSSR count). The van der Waals surface area contributed by atoms with Crippen LogP contribution in [-0.2, 0) is 6.54 Å². The first-order chi connectivity index (χ1) is 13.2. The molecule has 1 aliphatic rings. The molecule has 0 atom stereocenters. The smallest absolute Gasteiger partial charge is 0.265 e. The SMILES string of the molecule is O=C(c1sccc1Br)N1CCCN(Cc2noc(-c3ccccc3)n2)CC1. The minimum Gasteiger partial charge on any atom is -0.337 e. The maximum absolute atomic E-state index is 12.7. The molecule has 0 unspecified atom stereocenters. The van der Waals surface area contributed by atoms with E-state index in [-0.39, 0.29) is 5.91 Å². The number of thiophene rings is 1. The van der Waals surface area contributed by atoms with Crippen molar-refractivity contribution >= 4 is 33.2 Å². The molecular weight excluding hydrogens is 428 g/mol. The van der Waals surface area contributed by atoms with Gasteiger partial charge in [-0.05, 0) is 45.9 Å². The molecule has 3 aromatic rings. The highest BCUT2D eigenvalue weighted by Gasteiger charge is 2.23. The van der Waals surface area contributed by atoms with Crippen molar-refractivity contribution in [1.29, 1.82) is 0 Å². The first-order valence-corrected chi connectivity index (χ1v) is 10.5. The molecule has 0 N–H and O–H groups in total. The van der Waals surface area contributed by atoms with Crippen LogP contribution in [0.4, 0.5) is 0 Å².